The van der Waals surface area contributed by atoms with E-state index in [1.807, 2.05) is 37.3 Å². The summed E-state index contributed by atoms with van der Waals surface area (Å²) >= 11 is 0. The highest BCUT2D eigenvalue weighted by atomic mass is 35.5. The van der Waals surface area contributed by atoms with Crippen molar-refractivity contribution in [2.75, 3.05) is 13.1 Å². The first-order chi connectivity index (χ1) is 10.3. The standard InChI is InChI=1S/C15H19N5O.ClH/c1-11-14(15(21)17-12-6-5-9-16-10-12)18-19-20(11)13-7-3-2-4-8-13;/h2-4,7-8,12,16H,5-6,9-10H2,1H3,(H,17,21);1H/t12-;/m0./s1. The molecule has 0 radical (unpaired) electrons. The summed E-state index contributed by atoms with van der Waals surface area (Å²) in [5.74, 6) is -0.150. The van der Waals surface area contributed by atoms with Gasteiger partial charge >= 0.3 is 0 Å². The third-order valence-corrected chi connectivity index (χ3v) is 3.74. The lowest BCUT2D eigenvalue weighted by Gasteiger charge is -2.23. The van der Waals surface area contributed by atoms with Crippen molar-refractivity contribution < 1.29 is 4.79 Å². The molecule has 1 aromatic carbocycles. The summed E-state index contributed by atoms with van der Waals surface area (Å²) < 4.78 is 1.69. The number of amides is 1. The summed E-state index contributed by atoms with van der Waals surface area (Å²) in [5, 5.41) is 14.4. The first-order valence-corrected chi connectivity index (χ1v) is 7.25. The fraction of sp³-hybridized carbons (Fsp3) is 0.400. The Bertz CT molecular complexity index is 622. The van der Waals surface area contributed by atoms with Crippen LogP contribution in [0.4, 0.5) is 0 Å². The van der Waals surface area contributed by atoms with Crippen LogP contribution in [0.1, 0.15) is 29.0 Å². The largest absolute Gasteiger partial charge is 0.347 e. The van der Waals surface area contributed by atoms with Gasteiger partial charge in [0.05, 0.1) is 11.4 Å². The monoisotopic (exact) mass is 321 g/mol. The van der Waals surface area contributed by atoms with E-state index >= 15 is 0 Å². The molecule has 7 heteroatoms. The molecule has 1 aromatic heterocycles. The van der Waals surface area contributed by atoms with Crippen LogP contribution in [-0.4, -0.2) is 40.0 Å². The Balaban J connectivity index is 0.00000176. The van der Waals surface area contributed by atoms with Gasteiger partial charge in [0, 0.05) is 12.6 Å². The molecule has 1 aliphatic heterocycles. The highest BCUT2D eigenvalue weighted by molar-refractivity contribution is 5.93. The topological polar surface area (TPSA) is 71.8 Å². The van der Waals surface area contributed by atoms with Crippen LogP contribution in [-0.2, 0) is 0 Å². The molecular formula is C15H20ClN5O. The van der Waals surface area contributed by atoms with Crippen molar-refractivity contribution >= 4 is 18.3 Å². The van der Waals surface area contributed by atoms with Crippen LogP contribution in [0.2, 0.25) is 0 Å². The number of benzene rings is 1. The van der Waals surface area contributed by atoms with Gasteiger partial charge in [-0.25, -0.2) is 4.68 Å². The van der Waals surface area contributed by atoms with Gasteiger partial charge in [-0.05, 0) is 38.4 Å². The lowest BCUT2D eigenvalue weighted by molar-refractivity contribution is 0.0925. The van der Waals surface area contributed by atoms with E-state index in [0.717, 1.165) is 37.3 Å². The number of nitrogens with zero attached hydrogens (tertiary/aromatic N) is 3. The maximum atomic E-state index is 12.3. The summed E-state index contributed by atoms with van der Waals surface area (Å²) in [6.45, 7) is 3.70. The third-order valence-electron chi connectivity index (χ3n) is 3.74. The summed E-state index contributed by atoms with van der Waals surface area (Å²) in [6.07, 6.45) is 2.09. The van der Waals surface area contributed by atoms with Gasteiger partial charge in [-0.3, -0.25) is 4.79 Å². The number of hydrogen-bond acceptors (Lipinski definition) is 4. The van der Waals surface area contributed by atoms with E-state index in [-0.39, 0.29) is 24.4 Å². The van der Waals surface area contributed by atoms with E-state index in [0.29, 0.717) is 5.69 Å². The zero-order chi connectivity index (χ0) is 14.7. The Kier molecular flexibility index (Phi) is 5.51. The number of aromatic nitrogens is 3. The highest BCUT2D eigenvalue weighted by Gasteiger charge is 2.21. The number of halogens is 1. The second-order valence-electron chi connectivity index (χ2n) is 5.29. The van der Waals surface area contributed by atoms with Crippen LogP contribution < -0.4 is 10.6 Å². The van der Waals surface area contributed by atoms with Gasteiger partial charge in [0.15, 0.2) is 5.69 Å². The van der Waals surface area contributed by atoms with Gasteiger partial charge in [-0.15, -0.1) is 17.5 Å². The van der Waals surface area contributed by atoms with Crippen LogP contribution >= 0.6 is 12.4 Å². The molecule has 2 N–H and O–H groups in total. The number of carbonyl (C=O) groups excluding carboxylic acids is 1. The molecule has 0 bridgehead atoms. The Morgan fingerprint density at radius 3 is 2.82 bits per heavy atom. The molecule has 0 saturated carbocycles. The normalized spacial score (nSPS) is 17.6. The van der Waals surface area contributed by atoms with Crippen molar-refractivity contribution in [3.63, 3.8) is 0 Å². The molecule has 2 heterocycles. The van der Waals surface area contributed by atoms with Gasteiger partial charge in [0.1, 0.15) is 0 Å². The molecule has 22 heavy (non-hydrogen) atoms. The average Bonchev–Trinajstić information content (AvgIpc) is 2.91. The second kappa shape index (κ2) is 7.38. The van der Waals surface area contributed by atoms with Crippen molar-refractivity contribution in [2.45, 2.75) is 25.8 Å². The Morgan fingerprint density at radius 1 is 1.36 bits per heavy atom. The molecule has 0 unspecified atom stereocenters. The minimum atomic E-state index is -0.150. The van der Waals surface area contributed by atoms with E-state index in [2.05, 4.69) is 20.9 Å². The fourth-order valence-corrected chi connectivity index (χ4v) is 2.58. The highest BCUT2D eigenvalue weighted by Crippen LogP contribution is 2.12. The number of hydrogen-bond donors (Lipinski definition) is 2. The van der Waals surface area contributed by atoms with Crippen molar-refractivity contribution in [1.82, 2.24) is 25.6 Å². The van der Waals surface area contributed by atoms with Gasteiger partial charge < -0.3 is 10.6 Å². The maximum absolute atomic E-state index is 12.3. The zero-order valence-corrected chi connectivity index (χ0v) is 13.3. The number of carbonyl (C=O) groups is 1. The minimum Gasteiger partial charge on any atom is -0.347 e. The van der Waals surface area contributed by atoms with E-state index in [4.69, 9.17) is 0 Å². The van der Waals surface area contributed by atoms with Crippen LogP contribution in [0, 0.1) is 6.92 Å². The summed E-state index contributed by atoms with van der Waals surface area (Å²) in [4.78, 5) is 12.3. The van der Waals surface area contributed by atoms with Crippen molar-refractivity contribution in [3.8, 4) is 5.69 Å². The number of para-hydroxylation sites is 1. The minimum absolute atomic E-state index is 0. The lowest BCUT2D eigenvalue weighted by atomic mass is 10.1. The molecule has 3 rings (SSSR count). The molecule has 1 aliphatic rings. The van der Waals surface area contributed by atoms with E-state index in [1.54, 1.807) is 4.68 Å². The molecule has 1 saturated heterocycles. The molecule has 1 amide bonds. The lowest BCUT2D eigenvalue weighted by Crippen LogP contribution is -2.45. The van der Waals surface area contributed by atoms with Gasteiger partial charge in [0.25, 0.3) is 5.91 Å². The van der Waals surface area contributed by atoms with Gasteiger partial charge in [0.2, 0.25) is 0 Å². The molecule has 6 nitrogen and oxygen atoms in total. The number of nitrogens with one attached hydrogen (secondary N) is 2. The predicted molar refractivity (Wildman–Crippen MR) is 86.7 cm³/mol. The Hall–Kier alpha value is -1.92. The predicted octanol–water partition coefficient (Wildman–Crippen LogP) is 1.48. The van der Waals surface area contributed by atoms with Crippen LogP contribution in [0.15, 0.2) is 30.3 Å². The summed E-state index contributed by atoms with van der Waals surface area (Å²) in [5.41, 5.74) is 2.05. The van der Waals surface area contributed by atoms with E-state index in [1.165, 1.54) is 0 Å². The summed E-state index contributed by atoms with van der Waals surface area (Å²) in [7, 11) is 0. The van der Waals surface area contributed by atoms with Crippen molar-refractivity contribution in [3.05, 3.63) is 41.7 Å². The van der Waals surface area contributed by atoms with Crippen LogP contribution in [0.25, 0.3) is 5.69 Å². The molecule has 2 aromatic rings. The molecule has 118 valence electrons. The van der Waals surface area contributed by atoms with Gasteiger partial charge in [-0.2, -0.15) is 0 Å². The average molecular weight is 322 g/mol. The first-order valence-electron chi connectivity index (χ1n) is 7.25. The van der Waals surface area contributed by atoms with Crippen LogP contribution in [0.5, 0.6) is 0 Å². The molecule has 1 atom stereocenters. The number of rotatable bonds is 3. The maximum Gasteiger partial charge on any atom is 0.274 e. The smallest absolute Gasteiger partial charge is 0.274 e. The quantitative estimate of drug-likeness (QED) is 0.898. The Labute approximate surface area is 135 Å². The molecule has 0 spiro atoms. The second-order valence-corrected chi connectivity index (χ2v) is 5.29. The zero-order valence-electron chi connectivity index (χ0n) is 12.5. The molecule has 0 aliphatic carbocycles. The Morgan fingerprint density at radius 2 is 2.14 bits per heavy atom. The number of piperidine rings is 1. The van der Waals surface area contributed by atoms with E-state index in [9.17, 15) is 4.79 Å². The SMILES string of the molecule is Cc1c(C(=O)N[C@H]2CCCNC2)nnn1-c1ccccc1.Cl. The van der Waals surface area contributed by atoms with Gasteiger partial charge in [-0.1, -0.05) is 23.4 Å². The fourth-order valence-electron chi connectivity index (χ4n) is 2.58. The van der Waals surface area contributed by atoms with Crippen LogP contribution in [0.3, 0.4) is 0 Å². The van der Waals surface area contributed by atoms with Crippen molar-refractivity contribution in [2.24, 2.45) is 0 Å². The third kappa shape index (κ3) is 3.45. The molecule has 1 fully saturated rings. The van der Waals surface area contributed by atoms with E-state index < -0.39 is 0 Å². The molecular weight excluding hydrogens is 302 g/mol. The summed E-state index contributed by atoms with van der Waals surface area (Å²) in [6, 6.07) is 9.86. The first kappa shape index (κ1) is 16.5. The van der Waals surface area contributed by atoms with Crippen molar-refractivity contribution in [1.29, 1.82) is 0 Å².